The third-order valence-electron chi connectivity index (χ3n) is 3.23. The Morgan fingerprint density at radius 2 is 1.36 bits per heavy atom. The van der Waals surface area contributed by atoms with Crippen LogP contribution in [-0.4, -0.2) is 5.94 Å². The fourth-order valence-electron chi connectivity index (χ4n) is 2.07. The van der Waals surface area contributed by atoms with E-state index in [1.807, 2.05) is 54.6 Å². The van der Waals surface area contributed by atoms with Gasteiger partial charge in [0.25, 0.3) is 0 Å². The lowest BCUT2D eigenvalue weighted by molar-refractivity contribution is 0.393. The summed E-state index contributed by atoms with van der Waals surface area (Å²) in [6, 6.07) is 26.3. The van der Waals surface area contributed by atoms with E-state index in [2.05, 4.69) is 24.3 Å². The van der Waals surface area contributed by atoms with Gasteiger partial charge in [0.1, 0.15) is 11.7 Å². The highest BCUT2D eigenvalue weighted by molar-refractivity contribution is 7.99. The molecule has 0 unspecified atom stereocenters. The van der Waals surface area contributed by atoms with Gasteiger partial charge in [-0.15, -0.1) is 0 Å². The normalized spacial score (nSPS) is 10.4. The molecule has 0 amide bonds. The van der Waals surface area contributed by atoms with Crippen LogP contribution >= 0.6 is 23.4 Å². The van der Waals surface area contributed by atoms with Gasteiger partial charge in [0.2, 0.25) is 0 Å². The van der Waals surface area contributed by atoms with Crippen molar-refractivity contribution in [1.82, 2.24) is 0 Å². The molecule has 0 fully saturated rings. The molecule has 0 aliphatic carbocycles. The van der Waals surface area contributed by atoms with E-state index >= 15 is 0 Å². The first-order valence-electron chi connectivity index (χ1n) is 6.98. The zero-order valence-electron chi connectivity index (χ0n) is 11.9. The number of thioether (sulfide) groups is 1. The van der Waals surface area contributed by atoms with E-state index in [-0.39, 0.29) is 0 Å². The topological polar surface area (TPSA) is 9.23 Å². The minimum Gasteiger partial charge on any atom is -0.483 e. The highest BCUT2D eigenvalue weighted by Crippen LogP contribution is 2.24. The second-order valence-electron chi connectivity index (χ2n) is 4.75. The Bertz CT molecular complexity index is 709. The Kier molecular flexibility index (Phi) is 5.04. The van der Waals surface area contributed by atoms with Gasteiger partial charge in [0.15, 0.2) is 0 Å². The van der Waals surface area contributed by atoms with Crippen molar-refractivity contribution in [3.05, 3.63) is 83.9 Å². The van der Waals surface area contributed by atoms with Gasteiger partial charge in [-0.3, -0.25) is 0 Å². The number of benzene rings is 3. The van der Waals surface area contributed by atoms with Crippen molar-refractivity contribution in [2.75, 3.05) is 5.94 Å². The van der Waals surface area contributed by atoms with Gasteiger partial charge in [0, 0.05) is 9.92 Å². The van der Waals surface area contributed by atoms with Crippen LogP contribution in [0.2, 0.25) is 5.02 Å². The molecule has 0 aliphatic heterocycles. The molecule has 22 heavy (non-hydrogen) atoms. The fourth-order valence-corrected chi connectivity index (χ4v) is 2.86. The second kappa shape index (κ2) is 7.39. The Balaban J connectivity index is 1.56. The Morgan fingerprint density at radius 1 is 0.727 bits per heavy atom. The second-order valence-corrected chi connectivity index (χ2v) is 6.18. The van der Waals surface area contributed by atoms with Crippen molar-refractivity contribution in [3.63, 3.8) is 0 Å². The molecule has 0 saturated heterocycles. The summed E-state index contributed by atoms with van der Waals surface area (Å²) >= 11 is 7.51. The van der Waals surface area contributed by atoms with Crippen LogP contribution in [-0.2, 0) is 0 Å². The first-order valence-corrected chi connectivity index (χ1v) is 8.34. The van der Waals surface area contributed by atoms with Crippen molar-refractivity contribution < 1.29 is 4.74 Å². The third-order valence-corrected chi connectivity index (χ3v) is 4.32. The van der Waals surface area contributed by atoms with E-state index in [1.165, 1.54) is 11.1 Å². The predicted octanol–water partition coefficient (Wildman–Crippen LogP) is 6.14. The van der Waals surface area contributed by atoms with Gasteiger partial charge in [-0.05, 0) is 47.5 Å². The SMILES string of the molecule is Clc1ccc(SCOc2ccc(-c3ccccc3)cc2)cc1. The molecule has 0 aromatic heterocycles. The number of rotatable bonds is 5. The van der Waals surface area contributed by atoms with E-state index in [1.54, 1.807) is 11.8 Å². The Hall–Kier alpha value is -1.90. The van der Waals surface area contributed by atoms with E-state index in [0.717, 1.165) is 15.7 Å². The van der Waals surface area contributed by atoms with Gasteiger partial charge in [0.05, 0.1) is 0 Å². The standard InChI is InChI=1S/C19H15ClOS/c20-17-8-12-19(13-9-17)22-14-21-18-10-6-16(7-11-18)15-4-2-1-3-5-15/h1-13H,14H2. The lowest BCUT2D eigenvalue weighted by atomic mass is 10.1. The highest BCUT2D eigenvalue weighted by atomic mass is 35.5. The average molecular weight is 327 g/mol. The molecule has 0 saturated carbocycles. The molecule has 3 rings (SSSR count). The van der Waals surface area contributed by atoms with E-state index in [4.69, 9.17) is 16.3 Å². The van der Waals surface area contributed by atoms with E-state index in [9.17, 15) is 0 Å². The van der Waals surface area contributed by atoms with Crippen LogP contribution < -0.4 is 4.74 Å². The maximum absolute atomic E-state index is 5.87. The monoisotopic (exact) mass is 326 g/mol. The predicted molar refractivity (Wildman–Crippen MR) is 94.7 cm³/mol. The van der Waals surface area contributed by atoms with Crippen LogP contribution in [0.15, 0.2) is 83.8 Å². The highest BCUT2D eigenvalue weighted by Gasteiger charge is 1.99. The summed E-state index contributed by atoms with van der Waals surface area (Å²) in [7, 11) is 0. The Morgan fingerprint density at radius 3 is 2.05 bits per heavy atom. The fraction of sp³-hybridized carbons (Fsp3) is 0.0526. The largest absolute Gasteiger partial charge is 0.483 e. The molecular formula is C19H15ClOS. The van der Waals surface area contributed by atoms with E-state index < -0.39 is 0 Å². The summed E-state index contributed by atoms with van der Waals surface area (Å²) in [5.41, 5.74) is 2.41. The molecule has 0 aliphatic rings. The zero-order valence-corrected chi connectivity index (χ0v) is 13.5. The molecule has 1 nitrogen and oxygen atoms in total. The zero-order chi connectivity index (χ0) is 15.2. The molecule has 0 spiro atoms. The smallest absolute Gasteiger partial charge is 0.138 e. The molecule has 110 valence electrons. The lowest BCUT2D eigenvalue weighted by Crippen LogP contribution is -1.92. The molecule has 3 aromatic rings. The Labute approximate surface area is 139 Å². The summed E-state index contributed by atoms with van der Waals surface area (Å²) in [5.74, 6) is 1.45. The minimum absolute atomic E-state index is 0.576. The van der Waals surface area contributed by atoms with Crippen molar-refractivity contribution in [2.24, 2.45) is 0 Å². The molecule has 0 N–H and O–H groups in total. The van der Waals surface area contributed by atoms with Crippen molar-refractivity contribution >= 4 is 23.4 Å². The molecular weight excluding hydrogens is 312 g/mol. The quantitative estimate of drug-likeness (QED) is 0.411. The third kappa shape index (κ3) is 4.06. The number of halogens is 1. The number of ether oxygens (including phenoxy) is 1. The summed E-state index contributed by atoms with van der Waals surface area (Å²) in [5, 5.41) is 0.752. The summed E-state index contributed by atoms with van der Waals surface area (Å²) in [4.78, 5) is 1.14. The van der Waals surface area contributed by atoms with Crippen LogP contribution in [0, 0.1) is 0 Å². The minimum atomic E-state index is 0.576. The molecule has 0 radical (unpaired) electrons. The van der Waals surface area contributed by atoms with Gasteiger partial charge in [-0.1, -0.05) is 65.8 Å². The van der Waals surface area contributed by atoms with Gasteiger partial charge < -0.3 is 4.74 Å². The van der Waals surface area contributed by atoms with Crippen LogP contribution in [0.5, 0.6) is 5.75 Å². The summed E-state index contributed by atoms with van der Waals surface area (Å²) in [6.45, 7) is 0. The van der Waals surface area contributed by atoms with Gasteiger partial charge in [-0.2, -0.15) is 0 Å². The maximum Gasteiger partial charge on any atom is 0.138 e. The molecule has 3 aromatic carbocycles. The van der Waals surface area contributed by atoms with Gasteiger partial charge in [-0.25, -0.2) is 0 Å². The van der Waals surface area contributed by atoms with Crippen molar-refractivity contribution in [1.29, 1.82) is 0 Å². The van der Waals surface area contributed by atoms with E-state index in [0.29, 0.717) is 5.94 Å². The molecule has 0 atom stereocenters. The van der Waals surface area contributed by atoms with Crippen LogP contribution in [0.3, 0.4) is 0 Å². The number of hydrogen-bond donors (Lipinski definition) is 0. The van der Waals surface area contributed by atoms with Crippen LogP contribution in [0.4, 0.5) is 0 Å². The molecule has 0 heterocycles. The maximum atomic E-state index is 5.87. The molecule has 0 bridgehead atoms. The summed E-state index contributed by atoms with van der Waals surface area (Å²) < 4.78 is 5.76. The van der Waals surface area contributed by atoms with Crippen molar-refractivity contribution in [2.45, 2.75) is 4.90 Å². The number of hydrogen-bond acceptors (Lipinski definition) is 2. The van der Waals surface area contributed by atoms with Crippen LogP contribution in [0.1, 0.15) is 0 Å². The first kappa shape index (κ1) is 15.0. The van der Waals surface area contributed by atoms with Gasteiger partial charge >= 0.3 is 0 Å². The summed E-state index contributed by atoms with van der Waals surface area (Å²) in [6.07, 6.45) is 0. The lowest BCUT2D eigenvalue weighted by Gasteiger charge is -2.07. The molecule has 3 heteroatoms. The van der Waals surface area contributed by atoms with Crippen LogP contribution in [0.25, 0.3) is 11.1 Å². The van der Waals surface area contributed by atoms with Crippen molar-refractivity contribution in [3.8, 4) is 16.9 Å². The first-order chi connectivity index (χ1) is 10.8. The average Bonchev–Trinajstić information content (AvgIpc) is 2.58.